The summed E-state index contributed by atoms with van der Waals surface area (Å²) in [5, 5.41) is 4.55. The molecule has 0 bridgehead atoms. The number of nitrogens with zero attached hydrogens (tertiary/aromatic N) is 3. The minimum absolute atomic E-state index is 0.0587. The van der Waals surface area contributed by atoms with E-state index in [1.165, 1.54) is 11.1 Å². The summed E-state index contributed by atoms with van der Waals surface area (Å²) in [6.07, 6.45) is 2.60. The minimum Gasteiger partial charge on any atom is -0.371 e. The molecule has 0 radical (unpaired) electrons. The predicted molar refractivity (Wildman–Crippen MR) is 102 cm³/mol. The summed E-state index contributed by atoms with van der Waals surface area (Å²) in [6, 6.07) is 10.1. The molecule has 0 saturated carbocycles. The van der Waals surface area contributed by atoms with E-state index in [2.05, 4.69) is 30.2 Å². The lowest BCUT2D eigenvalue weighted by atomic mass is 9.97. The Morgan fingerprint density at radius 3 is 2.85 bits per heavy atom. The number of hydrogen-bond donors (Lipinski definition) is 0. The van der Waals surface area contributed by atoms with Crippen LogP contribution in [0.15, 0.2) is 30.3 Å². The van der Waals surface area contributed by atoms with Crippen molar-refractivity contribution in [2.24, 2.45) is 0 Å². The highest BCUT2D eigenvalue weighted by molar-refractivity contribution is 5.80. The van der Waals surface area contributed by atoms with Gasteiger partial charge in [0.25, 0.3) is 0 Å². The third-order valence-corrected chi connectivity index (χ3v) is 5.10. The van der Waals surface area contributed by atoms with Gasteiger partial charge in [-0.05, 0) is 43.9 Å². The molecule has 1 aliphatic rings. The molecule has 5 heteroatoms. The lowest BCUT2D eigenvalue weighted by Gasteiger charge is -2.31. The number of carbonyl (C=O) groups is 1. The number of likely N-dealkylation sites (N-methyl/N-ethyl adjacent to an activating group) is 1. The quantitative estimate of drug-likeness (QED) is 0.795. The zero-order valence-corrected chi connectivity index (χ0v) is 16.2. The Bertz CT molecular complexity index is 768. The molecule has 26 heavy (non-hydrogen) atoms. The maximum atomic E-state index is 13.2. The Hall–Kier alpha value is -2.14. The van der Waals surface area contributed by atoms with E-state index in [-0.39, 0.29) is 18.1 Å². The fourth-order valence-corrected chi connectivity index (χ4v) is 3.81. The molecule has 0 unspecified atom stereocenters. The monoisotopic (exact) mass is 355 g/mol. The zero-order chi connectivity index (χ0) is 18.7. The van der Waals surface area contributed by atoms with Crippen LogP contribution in [0, 0.1) is 13.8 Å². The molecule has 5 nitrogen and oxygen atoms in total. The fourth-order valence-electron chi connectivity index (χ4n) is 3.81. The molecule has 0 aliphatic carbocycles. The highest BCUT2D eigenvalue weighted by atomic mass is 16.5. The number of amides is 1. The molecular formula is C21H29N3O2. The summed E-state index contributed by atoms with van der Waals surface area (Å²) in [4.78, 5) is 15.0. The van der Waals surface area contributed by atoms with Gasteiger partial charge in [-0.1, -0.05) is 37.6 Å². The van der Waals surface area contributed by atoms with Gasteiger partial charge in [-0.3, -0.25) is 9.48 Å². The molecule has 1 aromatic carbocycles. The van der Waals surface area contributed by atoms with Crippen molar-refractivity contribution >= 4 is 5.91 Å². The van der Waals surface area contributed by atoms with Gasteiger partial charge in [0.05, 0.1) is 18.8 Å². The van der Waals surface area contributed by atoms with Crippen molar-refractivity contribution in [1.82, 2.24) is 14.7 Å². The first-order valence-corrected chi connectivity index (χ1v) is 9.48. The van der Waals surface area contributed by atoms with Gasteiger partial charge in [-0.2, -0.15) is 5.10 Å². The van der Waals surface area contributed by atoms with E-state index in [1.807, 2.05) is 42.6 Å². The summed E-state index contributed by atoms with van der Waals surface area (Å²) in [5.41, 5.74) is 4.51. The van der Waals surface area contributed by atoms with E-state index >= 15 is 0 Å². The molecule has 2 atom stereocenters. The Morgan fingerprint density at radius 2 is 2.15 bits per heavy atom. The van der Waals surface area contributed by atoms with Crippen LogP contribution >= 0.6 is 0 Å². The lowest BCUT2D eigenvalue weighted by Crippen LogP contribution is -2.39. The van der Waals surface area contributed by atoms with Crippen molar-refractivity contribution in [2.45, 2.75) is 52.2 Å². The summed E-state index contributed by atoms with van der Waals surface area (Å²) in [5.74, 6) is 0.102. The standard InChI is InChI=1S/C21H29N3O2/c1-5-8-19(24-16(3)13-15(2)22-24)21(25)23(4)14-20-18-10-7-6-9-17(18)11-12-26-20/h6-7,9-10,13,19-20H,5,8,11-12,14H2,1-4H3/t19-,20-/m1/s1. The first kappa shape index (κ1) is 18.6. The van der Waals surface area contributed by atoms with Crippen molar-refractivity contribution in [3.63, 3.8) is 0 Å². The first-order valence-electron chi connectivity index (χ1n) is 9.48. The van der Waals surface area contributed by atoms with Gasteiger partial charge in [-0.25, -0.2) is 0 Å². The molecule has 2 heterocycles. The molecule has 1 aromatic heterocycles. The van der Waals surface area contributed by atoms with E-state index in [0.29, 0.717) is 13.2 Å². The molecule has 0 spiro atoms. The third-order valence-electron chi connectivity index (χ3n) is 5.10. The van der Waals surface area contributed by atoms with Gasteiger partial charge in [-0.15, -0.1) is 0 Å². The summed E-state index contributed by atoms with van der Waals surface area (Å²) >= 11 is 0. The maximum absolute atomic E-state index is 13.2. The Kier molecular flexibility index (Phi) is 5.77. The number of carbonyl (C=O) groups excluding carboxylic acids is 1. The van der Waals surface area contributed by atoms with Crippen LogP contribution in [-0.4, -0.2) is 40.8 Å². The highest BCUT2D eigenvalue weighted by Crippen LogP contribution is 2.28. The Labute approximate surface area is 156 Å². The first-order chi connectivity index (χ1) is 12.5. The number of aromatic nitrogens is 2. The second-order valence-electron chi connectivity index (χ2n) is 7.20. The van der Waals surface area contributed by atoms with E-state index < -0.39 is 0 Å². The fraction of sp³-hybridized carbons (Fsp3) is 0.524. The second kappa shape index (κ2) is 8.04. The van der Waals surface area contributed by atoms with Crippen molar-refractivity contribution in [3.05, 3.63) is 52.8 Å². The van der Waals surface area contributed by atoms with Crippen LogP contribution in [0.3, 0.4) is 0 Å². The minimum atomic E-state index is -0.252. The third kappa shape index (κ3) is 3.83. The lowest BCUT2D eigenvalue weighted by molar-refractivity contribution is -0.136. The molecule has 0 saturated heterocycles. The van der Waals surface area contributed by atoms with E-state index in [1.54, 1.807) is 0 Å². The SMILES string of the molecule is CCC[C@H](C(=O)N(C)C[C@H]1OCCc2ccccc21)n1nc(C)cc1C. The molecule has 1 aliphatic heterocycles. The number of hydrogen-bond acceptors (Lipinski definition) is 3. The van der Waals surface area contributed by atoms with Crippen LogP contribution in [0.1, 0.15) is 54.4 Å². The van der Waals surface area contributed by atoms with Gasteiger partial charge in [0, 0.05) is 12.7 Å². The van der Waals surface area contributed by atoms with Gasteiger partial charge in [0.1, 0.15) is 12.1 Å². The van der Waals surface area contributed by atoms with Crippen molar-refractivity contribution in [1.29, 1.82) is 0 Å². The van der Waals surface area contributed by atoms with Gasteiger partial charge in [0.2, 0.25) is 5.91 Å². The smallest absolute Gasteiger partial charge is 0.247 e. The van der Waals surface area contributed by atoms with Crippen LogP contribution in [-0.2, 0) is 16.0 Å². The van der Waals surface area contributed by atoms with Gasteiger partial charge < -0.3 is 9.64 Å². The van der Waals surface area contributed by atoms with Crippen molar-refractivity contribution in [2.75, 3.05) is 20.2 Å². The molecule has 0 N–H and O–H groups in total. The highest BCUT2D eigenvalue weighted by Gasteiger charge is 2.29. The van der Waals surface area contributed by atoms with Crippen LogP contribution in [0.2, 0.25) is 0 Å². The molecule has 2 aromatic rings. The van der Waals surface area contributed by atoms with Crippen LogP contribution in [0.25, 0.3) is 0 Å². The van der Waals surface area contributed by atoms with Gasteiger partial charge >= 0.3 is 0 Å². The zero-order valence-electron chi connectivity index (χ0n) is 16.2. The molecule has 1 amide bonds. The predicted octanol–water partition coefficient (Wildman–Crippen LogP) is 3.61. The number of fused-ring (bicyclic) bond motifs is 1. The number of rotatable bonds is 6. The average molecular weight is 355 g/mol. The number of benzene rings is 1. The molecule has 140 valence electrons. The van der Waals surface area contributed by atoms with Crippen molar-refractivity contribution in [3.8, 4) is 0 Å². The summed E-state index contributed by atoms with van der Waals surface area (Å²) in [6.45, 7) is 7.35. The normalized spacial score (nSPS) is 17.6. The molecule has 0 fully saturated rings. The topological polar surface area (TPSA) is 47.4 Å². The summed E-state index contributed by atoms with van der Waals surface area (Å²) < 4.78 is 7.86. The summed E-state index contributed by atoms with van der Waals surface area (Å²) in [7, 11) is 1.87. The van der Waals surface area contributed by atoms with E-state index in [0.717, 1.165) is 30.7 Å². The van der Waals surface area contributed by atoms with Gasteiger partial charge in [0.15, 0.2) is 0 Å². The largest absolute Gasteiger partial charge is 0.371 e. The second-order valence-corrected chi connectivity index (χ2v) is 7.20. The number of aryl methyl sites for hydroxylation is 2. The Balaban J connectivity index is 1.77. The molecular weight excluding hydrogens is 326 g/mol. The number of ether oxygens (including phenoxy) is 1. The van der Waals surface area contributed by atoms with Crippen LogP contribution in [0.4, 0.5) is 0 Å². The van der Waals surface area contributed by atoms with Crippen LogP contribution < -0.4 is 0 Å². The van der Waals surface area contributed by atoms with Crippen molar-refractivity contribution < 1.29 is 9.53 Å². The molecule has 3 rings (SSSR count). The Morgan fingerprint density at radius 1 is 1.38 bits per heavy atom. The average Bonchev–Trinajstić information content (AvgIpc) is 2.97. The maximum Gasteiger partial charge on any atom is 0.247 e. The van der Waals surface area contributed by atoms with Crippen LogP contribution in [0.5, 0.6) is 0 Å². The van der Waals surface area contributed by atoms with E-state index in [4.69, 9.17) is 4.74 Å². The van der Waals surface area contributed by atoms with E-state index in [9.17, 15) is 4.79 Å².